The Morgan fingerprint density at radius 3 is 2.55 bits per heavy atom. The summed E-state index contributed by atoms with van der Waals surface area (Å²) in [5.41, 5.74) is -5.58. The van der Waals surface area contributed by atoms with Gasteiger partial charge in [-0.1, -0.05) is 50.4 Å². The Bertz CT molecular complexity index is 2160. The zero-order chi connectivity index (χ0) is 44.1. The van der Waals surface area contributed by atoms with Gasteiger partial charge in [-0.25, -0.2) is 19.0 Å². The Kier molecular flexibility index (Phi) is 13.2. The van der Waals surface area contributed by atoms with Gasteiger partial charge in [0, 0.05) is 41.4 Å². The molecule has 13 atom stereocenters. The summed E-state index contributed by atoms with van der Waals surface area (Å²) in [6, 6.07) is 0.168. The van der Waals surface area contributed by atoms with Crippen molar-refractivity contribution in [3.05, 3.63) is 28.6 Å². The molecular weight excluding hydrogens is 825 g/mol. The molecule has 6 rings (SSSR count). The molecule has 328 valence electrons. The molecule has 0 unspecified atom stereocenters. The van der Waals surface area contributed by atoms with Gasteiger partial charge in [0.25, 0.3) is 5.67 Å². The Morgan fingerprint density at radius 2 is 1.87 bits per heavy atom. The molecule has 3 aromatic rings. The lowest BCUT2D eigenvalue weighted by atomic mass is 9.73. The molecule has 1 amide bonds. The van der Waals surface area contributed by atoms with Crippen LogP contribution in [0.1, 0.15) is 80.4 Å². The van der Waals surface area contributed by atoms with Crippen LogP contribution in [0.3, 0.4) is 0 Å². The van der Waals surface area contributed by atoms with E-state index in [2.05, 4.69) is 27.3 Å². The van der Waals surface area contributed by atoms with Crippen molar-refractivity contribution in [3.63, 3.8) is 0 Å². The largest absolute Gasteiger partial charge is 0.455 e. The van der Waals surface area contributed by atoms with Gasteiger partial charge in [-0.3, -0.25) is 14.0 Å². The van der Waals surface area contributed by atoms with E-state index in [1.165, 1.54) is 25.2 Å². The number of ketones is 2. The highest BCUT2D eigenvalue weighted by atomic mass is 35.5. The van der Waals surface area contributed by atoms with Crippen LogP contribution in [0.2, 0.25) is 5.15 Å². The quantitative estimate of drug-likeness (QED) is 0.183. The number of imidazole rings is 1. The van der Waals surface area contributed by atoms with Gasteiger partial charge >= 0.3 is 12.1 Å². The van der Waals surface area contributed by atoms with Crippen LogP contribution < -0.4 is 5.32 Å². The lowest BCUT2D eigenvalue weighted by molar-refractivity contribution is -0.296. The number of aromatic nitrogens is 3. The predicted molar refractivity (Wildman–Crippen MR) is 216 cm³/mol. The van der Waals surface area contributed by atoms with Crippen molar-refractivity contribution in [2.24, 2.45) is 17.8 Å². The van der Waals surface area contributed by atoms with Crippen LogP contribution in [-0.2, 0) is 38.1 Å². The summed E-state index contributed by atoms with van der Waals surface area (Å²) >= 11 is 7.80. The molecule has 0 radical (unpaired) electrons. The smallest absolute Gasteiger partial charge is 0.408 e. The van der Waals surface area contributed by atoms with E-state index in [1.54, 1.807) is 58.5 Å². The second kappa shape index (κ2) is 17.4. The maximum absolute atomic E-state index is 16.9. The predicted octanol–water partition coefficient (Wildman–Crippen LogP) is 5.01. The second-order valence-electron chi connectivity index (χ2n) is 16.9. The Hall–Kier alpha value is -3.96. The maximum Gasteiger partial charge on any atom is 0.408 e. The van der Waals surface area contributed by atoms with E-state index in [9.17, 15) is 24.3 Å². The number of ether oxygens (including phenoxy) is 5. The highest BCUT2D eigenvalue weighted by Crippen LogP contribution is 2.41. The van der Waals surface area contributed by atoms with Crippen molar-refractivity contribution in [1.82, 2.24) is 24.8 Å². The highest BCUT2D eigenvalue weighted by Gasteiger charge is 2.59. The first-order chi connectivity index (χ1) is 28.1. The van der Waals surface area contributed by atoms with Crippen LogP contribution in [0.5, 0.6) is 0 Å². The topological polar surface area (TPSA) is 193 Å². The zero-order valence-electron chi connectivity index (χ0n) is 35.3. The molecule has 3 aliphatic heterocycles. The number of halogens is 2. The van der Waals surface area contributed by atoms with E-state index in [4.69, 9.17) is 39.8 Å². The number of esters is 1. The summed E-state index contributed by atoms with van der Waals surface area (Å²) in [6.45, 7) is 11.7. The molecule has 2 N–H and O–H groups in total. The van der Waals surface area contributed by atoms with Gasteiger partial charge in [0.15, 0.2) is 27.8 Å². The number of hydrogen-bond donors (Lipinski definition) is 2. The normalized spacial score (nSPS) is 36.9. The van der Waals surface area contributed by atoms with E-state index in [0.717, 1.165) is 6.92 Å². The van der Waals surface area contributed by atoms with Crippen molar-refractivity contribution >= 4 is 51.5 Å². The summed E-state index contributed by atoms with van der Waals surface area (Å²) in [6.07, 6.45) is -4.30. The molecule has 60 heavy (non-hydrogen) atoms. The monoisotopic (exact) mass is 877 g/mol. The number of aliphatic hydroxyl groups is 1. The summed E-state index contributed by atoms with van der Waals surface area (Å²) in [5.74, 6) is -0.316. The molecule has 0 bridgehead atoms. The van der Waals surface area contributed by atoms with Crippen LogP contribution in [-0.4, -0.2) is 129 Å². The van der Waals surface area contributed by atoms with Crippen LogP contribution in [0, 0.1) is 29.6 Å². The average molecular weight is 878 g/mol. The van der Waals surface area contributed by atoms with Crippen molar-refractivity contribution < 1.29 is 56.9 Å². The van der Waals surface area contributed by atoms with E-state index in [-0.39, 0.29) is 36.1 Å². The van der Waals surface area contributed by atoms with Crippen LogP contribution >= 0.6 is 22.9 Å². The number of fused-ring (bicyclic) bond motifs is 2. The Balaban J connectivity index is 1.39. The molecule has 19 heteroatoms. The van der Waals surface area contributed by atoms with Crippen molar-refractivity contribution in [2.75, 3.05) is 20.7 Å². The number of cyclic esters (lactones) is 1. The summed E-state index contributed by atoms with van der Waals surface area (Å²) < 4.78 is 54.7. The first kappa shape index (κ1) is 45.6. The molecule has 0 spiro atoms. The maximum atomic E-state index is 16.9. The minimum Gasteiger partial charge on any atom is -0.455 e. The SMILES string of the molecule is CC[C@H]1OC(=O)[C@@](C)(F)C(=O)[C@H](C)[C@@H](O[C@@H]2O[C@H](C)C[C@H](N(C)C)[C@H]2O)[C@@](C)(OCC#Cc2cc(-c3c(Cl)nc4sccn34)no2)C[C@@H](C)C(=O)[C@H](C)[C@H]2NC(=O)O[C@@]21C. The number of Topliss-reactive ketones (excluding diaryl/α,β-unsaturated/α-hetero) is 2. The molecule has 6 heterocycles. The van der Waals surface area contributed by atoms with Gasteiger partial charge in [-0.15, -0.1) is 11.3 Å². The third-order valence-electron chi connectivity index (χ3n) is 12.1. The lowest BCUT2D eigenvalue weighted by Crippen LogP contribution is -2.61. The number of nitrogens with one attached hydrogen (secondary N) is 1. The molecule has 3 aliphatic rings. The minimum absolute atomic E-state index is 0.0656. The van der Waals surface area contributed by atoms with E-state index in [0.29, 0.717) is 22.8 Å². The molecule has 0 saturated carbocycles. The number of carbonyl (C=O) groups excluding carboxylic acids is 4. The van der Waals surface area contributed by atoms with Gasteiger partial charge in [-0.05, 0) is 67.0 Å². The van der Waals surface area contributed by atoms with Crippen molar-refractivity contribution in [1.29, 1.82) is 0 Å². The van der Waals surface area contributed by atoms with Crippen LogP contribution in [0.4, 0.5) is 9.18 Å². The molecule has 16 nitrogen and oxygen atoms in total. The number of alkyl halides is 1. The van der Waals surface area contributed by atoms with E-state index < -0.39 is 95.3 Å². The van der Waals surface area contributed by atoms with Crippen molar-refractivity contribution in [2.45, 2.75) is 134 Å². The Labute approximate surface area is 356 Å². The van der Waals surface area contributed by atoms with Crippen molar-refractivity contribution in [3.8, 4) is 23.2 Å². The summed E-state index contributed by atoms with van der Waals surface area (Å²) in [4.78, 5) is 62.2. The summed E-state index contributed by atoms with van der Waals surface area (Å²) in [5, 5.41) is 20.5. The van der Waals surface area contributed by atoms with Crippen LogP contribution in [0.25, 0.3) is 16.3 Å². The molecular formula is C41H53ClFN5O11S. The Morgan fingerprint density at radius 1 is 1.15 bits per heavy atom. The molecule has 3 aromatic heterocycles. The number of amides is 1. The number of rotatable bonds is 7. The standard InChI is InChI=1S/C41H53ClFN5O11S/c1-11-27-41(8)31(44-38(53)58-41)22(4)29(49)20(2)19-39(6,54-15-12-13-24-18-25(46-59-24)28-34(42)45-37-48(28)14-16-60-37)33(23(5)32(51)40(7,43)36(52)56-27)57-35-30(50)26(47(9)10)17-21(3)55-35/h14,16,18,20-23,26-27,30-31,33,35,50H,11,15,17,19H2,1-10H3,(H,44,53)/t20-,21-,22+,23+,26+,27-,30-,31-,33-,35+,39+,40+,41-/m1/s1. The van der Waals surface area contributed by atoms with Gasteiger partial charge in [-0.2, -0.15) is 0 Å². The number of nitrogens with zero attached hydrogens (tertiary/aromatic N) is 4. The van der Waals surface area contributed by atoms with Gasteiger partial charge in [0.2, 0.25) is 5.76 Å². The van der Waals surface area contributed by atoms with Gasteiger partial charge in [0.1, 0.15) is 36.0 Å². The fourth-order valence-corrected chi connectivity index (χ4v) is 9.92. The fraction of sp³-hybridized carbons (Fsp3) is 0.659. The first-order valence-corrected chi connectivity index (χ1v) is 21.2. The number of hydrogen-bond acceptors (Lipinski definition) is 15. The molecule has 0 aliphatic carbocycles. The minimum atomic E-state index is -3.24. The number of thiazole rings is 1. The molecule has 0 aromatic carbocycles. The van der Waals surface area contributed by atoms with Gasteiger partial charge in [0.05, 0.1) is 23.9 Å². The third kappa shape index (κ3) is 8.59. The van der Waals surface area contributed by atoms with E-state index in [1.807, 2.05) is 17.2 Å². The number of alkyl carbamates (subject to hydrolysis) is 1. The zero-order valence-corrected chi connectivity index (χ0v) is 36.9. The number of aliphatic hydroxyl groups excluding tert-OH is 1. The van der Waals surface area contributed by atoms with E-state index >= 15 is 4.39 Å². The fourth-order valence-electron chi connectivity index (χ4n) is 8.89. The highest BCUT2D eigenvalue weighted by molar-refractivity contribution is 7.15. The third-order valence-corrected chi connectivity index (χ3v) is 13.2. The van der Waals surface area contributed by atoms with Gasteiger partial charge < -0.3 is 43.5 Å². The lowest BCUT2D eigenvalue weighted by Gasteiger charge is -2.47. The number of likely N-dealkylation sites (N-methyl/N-ethyl adjacent to an activating group) is 1. The first-order valence-electron chi connectivity index (χ1n) is 20.0. The average Bonchev–Trinajstić information content (AvgIpc) is 3.97. The molecule has 3 saturated heterocycles. The second-order valence-corrected chi connectivity index (χ2v) is 18.1. The summed E-state index contributed by atoms with van der Waals surface area (Å²) in [7, 11) is 3.60. The molecule has 3 fully saturated rings. The van der Waals surface area contributed by atoms with Crippen LogP contribution in [0.15, 0.2) is 22.2 Å². The number of carbonyl (C=O) groups is 4.